The number of aryl methyl sites for hydroxylation is 2. The van der Waals surface area contributed by atoms with Gasteiger partial charge in [0.25, 0.3) is 5.91 Å². The van der Waals surface area contributed by atoms with Crippen LogP contribution in [0.25, 0.3) is 22.4 Å². The van der Waals surface area contributed by atoms with Crippen molar-refractivity contribution in [2.75, 3.05) is 5.32 Å². The number of rotatable bonds is 3. The molecule has 4 rings (SSSR count). The Bertz CT molecular complexity index is 1110. The van der Waals surface area contributed by atoms with Gasteiger partial charge >= 0.3 is 0 Å². The molecule has 0 atom stereocenters. The molecule has 6 nitrogen and oxygen atoms in total. The normalized spacial score (nSPS) is 11.0. The summed E-state index contributed by atoms with van der Waals surface area (Å²) in [6, 6.07) is 13.0. The lowest BCUT2D eigenvalue weighted by Gasteiger charge is -2.02. The Labute approximate surface area is 148 Å². The summed E-state index contributed by atoms with van der Waals surface area (Å²) >= 11 is 0. The van der Waals surface area contributed by atoms with E-state index in [9.17, 15) is 9.18 Å². The quantitative estimate of drug-likeness (QED) is 0.608. The smallest absolute Gasteiger partial charge is 0.276 e. The number of hydrogen-bond donors (Lipinski definition) is 1. The maximum atomic E-state index is 13.1. The van der Waals surface area contributed by atoms with Gasteiger partial charge in [-0.3, -0.25) is 9.48 Å². The molecule has 26 heavy (non-hydrogen) atoms. The molecular formula is C19H15FN4O2. The topological polar surface area (TPSA) is 73.0 Å². The second kappa shape index (κ2) is 6.11. The lowest BCUT2D eigenvalue weighted by atomic mass is 10.1. The zero-order valence-corrected chi connectivity index (χ0v) is 14.2. The summed E-state index contributed by atoms with van der Waals surface area (Å²) in [5, 5.41) is 7.06. The summed E-state index contributed by atoms with van der Waals surface area (Å²) in [6.45, 7) is 1.75. The molecule has 0 fully saturated rings. The molecule has 0 unspecified atom stereocenters. The van der Waals surface area contributed by atoms with E-state index in [1.165, 1.54) is 12.1 Å². The van der Waals surface area contributed by atoms with Crippen molar-refractivity contribution in [2.24, 2.45) is 7.05 Å². The number of carbonyl (C=O) groups excluding carboxylic acids is 1. The summed E-state index contributed by atoms with van der Waals surface area (Å²) in [4.78, 5) is 16.9. The predicted molar refractivity (Wildman–Crippen MR) is 95.3 cm³/mol. The number of anilines is 1. The Morgan fingerprint density at radius 1 is 1.19 bits per heavy atom. The average molecular weight is 350 g/mol. The van der Waals surface area contributed by atoms with Crippen LogP contribution in [0.2, 0.25) is 0 Å². The Kier molecular flexibility index (Phi) is 3.76. The van der Waals surface area contributed by atoms with Crippen LogP contribution in [0.15, 0.2) is 52.9 Å². The van der Waals surface area contributed by atoms with Crippen LogP contribution >= 0.6 is 0 Å². The molecule has 0 spiro atoms. The van der Waals surface area contributed by atoms with Crippen LogP contribution in [0.3, 0.4) is 0 Å². The fourth-order valence-electron chi connectivity index (χ4n) is 2.81. The van der Waals surface area contributed by atoms with E-state index in [1.807, 2.05) is 6.07 Å². The van der Waals surface area contributed by atoms with Crippen molar-refractivity contribution in [3.8, 4) is 11.3 Å². The number of fused-ring (bicyclic) bond motifs is 1. The van der Waals surface area contributed by atoms with E-state index in [1.54, 1.807) is 49.0 Å². The fraction of sp³-hybridized carbons (Fsp3) is 0.105. The number of nitrogens with zero attached hydrogens (tertiary/aromatic N) is 3. The highest BCUT2D eigenvalue weighted by Crippen LogP contribution is 2.25. The van der Waals surface area contributed by atoms with Gasteiger partial charge in [-0.1, -0.05) is 6.07 Å². The molecule has 2 aromatic heterocycles. The number of aromatic nitrogens is 3. The molecule has 130 valence electrons. The van der Waals surface area contributed by atoms with Gasteiger partial charge in [0.1, 0.15) is 11.3 Å². The summed E-state index contributed by atoms with van der Waals surface area (Å²) < 4.78 is 20.3. The second-order valence-corrected chi connectivity index (χ2v) is 5.89. The maximum Gasteiger partial charge on any atom is 0.276 e. The maximum absolute atomic E-state index is 13.1. The third kappa shape index (κ3) is 2.83. The lowest BCUT2D eigenvalue weighted by Crippen LogP contribution is -2.13. The van der Waals surface area contributed by atoms with E-state index in [0.29, 0.717) is 28.4 Å². The number of carbonyl (C=O) groups is 1. The third-order valence-corrected chi connectivity index (χ3v) is 4.02. The SMILES string of the molecule is Cc1nc2cccc(NC(=O)c3cc(-c4ccc(F)cc4)n(C)n3)c2o1. The first-order valence-electron chi connectivity index (χ1n) is 7.99. The number of hydrogen-bond acceptors (Lipinski definition) is 4. The molecular weight excluding hydrogens is 335 g/mol. The molecule has 0 aliphatic carbocycles. The number of oxazole rings is 1. The monoisotopic (exact) mass is 350 g/mol. The van der Waals surface area contributed by atoms with Gasteiger partial charge < -0.3 is 9.73 Å². The molecule has 1 N–H and O–H groups in total. The van der Waals surface area contributed by atoms with Gasteiger partial charge in [-0.15, -0.1) is 0 Å². The first-order chi connectivity index (χ1) is 12.5. The van der Waals surface area contributed by atoms with Gasteiger partial charge in [0.2, 0.25) is 0 Å². The van der Waals surface area contributed by atoms with Crippen LogP contribution in [0.4, 0.5) is 10.1 Å². The van der Waals surface area contributed by atoms with Crippen molar-refractivity contribution in [2.45, 2.75) is 6.92 Å². The number of para-hydroxylation sites is 1. The fourth-order valence-corrected chi connectivity index (χ4v) is 2.81. The lowest BCUT2D eigenvalue weighted by molar-refractivity contribution is 0.102. The number of amides is 1. The van der Waals surface area contributed by atoms with E-state index in [4.69, 9.17) is 4.42 Å². The molecule has 0 bridgehead atoms. The molecule has 2 heterocycles. The molecule has 0 saturated heterocycles. The molecule has 0 radical (unpaired) electrons. The number of benzene rings is 2. The number of halogens is 1. The summed E-state index contributed by atoms with van der Waals surface area (Å²) in [6.07, 6.45) is 0. The van der Waals surface area contributed by atoms with Crippen LogP contribution in [-0.2, 0) is 7.05 Å². The van der Waals surface area contributed by atoms with Crippen molar-refractivity contribution in [1.82, 2.24) is 14.8 Å². The highest BCUT2D eigenvalue weighted by atomic mass is 19.1. The Morgan fingerprint density at radius 3 is 2.73 bits per heavy atom. The average Bonchev–Trinajstić information content (AvgIpc) is 3.18. The van der Waals surface area contributed by atoms with Gasteiger partial charge in [-0.05, 0) is 48.0 Å². The summed E-state index contributed by atoms with van der Waals surface area (Å²) in [5.41, 5.74) is 3.46. The molecule has 0 aliphatic rings. The first kappa shape index (κ1) is 16.0. The van der Waals surface area contributed by atoms with E-state index in [0.717, 1.165) is 5.56 Å². The van der Waals surface area contributed by atoms with Gasteiger partial charge in [0.05, 0.1) is 11.4 Å². The van der Waals surface area contributed by atoms with Gasteiger partial charge in [-0.2, -0.15) is 5.10 Å². The van der Waals surface area contributed by atoms with Gasteiger partial charge in [-0.25, -0.2) is 9.37 Å². The summed E-state index contributed by atoms with van der Waals surface area (Å²) in [5.74, 6) is -0.155. The Morgan fingerprint density at radius 2 is 1.96 bits per heavy atom. The molecule has 0 aliphatic heterocycles. The van der Waals surface area contributed by atoms with Crippen LogP contribution in [0.1, 0.15) is 16.4 Å². The largest absolute Gasteiger partial charge is 0.439 e. The van der Waals surface area contributed by atoms with Crippen molar-refractivity contribution in [3.05, 3.63) is 65.9 Å². The van der Waals surface area contributed by atoms with Crippen molar-refractivity contribution < 1.29 is 13.6 Å². The Balaban J connectivity index is 1.64. The van der Waals surface area contributed by atoms with Crippen molar-refractivity contribution in [1.29, 1.82) is 0 Å². The Hall–Kier alpha value is -3.48. The van der Waals surface area contributed by atoms with Crippen LogP contribution in [0, 0.1) is 12.7 Å². The predicted octanol–water partition coefficient (Wildman–Crippen LogP) is 3.93. The summed E-state index contributed by atoms with van der Waals surface area (Å²) in [7, 11) is 1.73. The molecule has 2 aromatic carbocycles. The molecule has 4 aromatic rings. The highest BCUT2D eigenvalue weighted by Gasteiger charge is 2.16. The molecule has 7 heteroatoms. The van der Waals surface area contributed by atoms with Crippen molar-refractivity contribution in [3.63, 3.8) is 0 Å². The minimum atomic E-state index is -0.365. The molecule has 0 saturated carbocycles. The van der Waals surface area contributed by atoms with Gasteiger partial charge in [0, 0.05) is 14.0 Å². The second-order valence-electron chi connectivity index (χ2n) is 5.89. The minimum absolute atomic E-state index is 0.250. The standard InChI is InChI=1S/C19H15FN4O2/c1-11-21-14-4-3-5-15(18(14)26-11)22-19(25)16-10-17(24(2)23-16)12-6-8-13(20)9-7-12/h3-10H,1-2H3,(H,22,25). The zero-order valence-electron chi connectivity index (χ0n) is 14.2. The zero-order chi connectivity index (χ0) is 18.3. The third-order valence-electron chi connectivity index (χ3n) is 4.02. The van der Waals surface area contributed by atoms with E-state index < -0.39 is 0 Å². The van der Waals surface area contributed by atoms with E-state index in [2.05, 4.69) is 15.4 Å². The van der Waals surface area contributed by atoms with E-state index in [-0.39, 0.29) is 17.4 Å². The van der Waals surface area contributed by atoms with Crippen LogP contribution in [0.5, 0.6) is 0 Å². The van der Waals surface area contributed by atoms with Gasteiger partial charge in [0.15, 0.2) is 17.2 Å². The first-order valence-corrected chi connectivity index (χ1v) is 7.99. The molecule has 1 amide bonds. The minimum Gasteiger partial charge on any atom is -0.439 e. The highest BCUT2D eigenvalue weighted by molar-refractivity contribution is 6.07. The van der Waals surface area contributed by atoms with E-state index >= 15 is 0 Å². The van der Waals surface area contributed by atoms with Crippen molar-refractivity contribution >= 4 is 22.7 Å². The van der Waals surface area contributed by atoms with Crippen LogP contribution in [-0.4, -0.2) is 20.7 Å². The van der Waals surface area contributed by atoms with Crippen LogP contribution < -0.4 is 5.32 Å². The number of nitrogens with one attached hydrogen (secondary N) is 1.